The zero-order valence-electron chi connectivity index (χ0n) is 13.3. The lowest BCUT2D eigenvalue weighted by Crippen LogP contribution is -2.54. The molecule has 1 aliphatic carbocycles. The molecule has 0 bridgehead atoms. The van der Waals surface area contributed by atoms with E-state index in [2.05, 4.69) is 12.2 Å². The van der Waals surface area contributed by atoms with Gasteiger partial charge >= 0.3 is 0 Å². The fraction of sp³-hybridized carbons (Fsp3) is 1.00. The summed E-state index contributed by atoms with van der Waals surface area (Å²) >= 11 is 0. The molecule has 21 heavy (non-hydrogen) atoms. The Morgan fingerprint density at radius 2 is 1.90 bits per heavy atom. The lowest BCUT2D eigenvalue weighted by atomic mass is 9.89. The van der Waals surface area contributed by atoms with Crippen LogP contribution in [0.15, 0.2) is 0 Å². The first-order chi connectivity index (χ1) is 10.0. The van der Waals surface area contributed by atoms with E-state index in [4.69, 9.17) is 9.47 Å². The summed E-state index contributed by atoms with van der Waals surface area (Å²) in [7, 11) is -3.11. The van der Waals surface area contributed by atoms with Crippen LogP contribution in [0.1, 0.15) is 52.4 Å². The fourth-order valence-electron chi connectivity index (χ4n) is 3.31. The fourth-order valence-corrected chi connectivity index (χ4v) is 5.54. The van der Waals surface area contributed by atoms with Gasteiger partial charge in [-0.3, -0.25) is 0 Å². The number of hydrogen-bond donors (Lipinski definition) is 1. The normalized spacial score (nSPS) is 29.0. The largest absolute Gasteiger partial charge is 0.347 e. The molecule has 2 rings (SSSR count). The van der Waals surface area contributed by atoms with Crippen molar-refractivity contribution in [2.75, 3.05) is 25.5 Å². The Hall–Kier alpha value is -0.170. The highest BCUT2D eigenvalue weighted by Crippen LogP contribution is 2.38. The van der Waals surface area contributed by atoms with E-state index in [0.29, 0.717) is 19.6 Å². The molecule has 0 aromatic heterocycles. The topological polar surface area (TPSA) is 64.6 Å². The Bertz CT molecular complexity index is 417. The van der Waals surface area contributed by atoms with Gasteiger partial charge in [0, 0.05) is 18.9 Å². The van der Waals surface area contributed by atoms with E-state index in [1.165, 1.54) is 0 Å². The maximum absolute atomic E-state index is 12.7. The zero-order chi connectivity index (χ0) is 15.3. The minimum absolute atomic E-state index is 0.0326. The van der Waals surface area contributed by atoms with Crippen LogP contribution < -0.4 is 5.32 Å². The quantitative estimate of drug-likeness (QED) is 0.776. The number of hydrogen-bond acceptors (Lipinski definition) is 5. The Balaban J connectivity index is 2.12. The maximum atomic E-state index is 12.7. The van der Waals surface area contributed by atoms with Crippen LogP contribution >= 0.6 is 0 Å². The van der Waals surface area contributed by atoms with Gasteiger partial charge in [0.2, 0.25) is 0 Å². The average Bonchev–Trinajstić information content (AvgIpc) is 2.92. The summed E-state index contributed by atoms with van der Waals surface area (Å²) in [6.45, 7) is 6.14. The zero-order valence-corrected chi connectivity index (χ0v) is 14.1. The summed E-state index contributed by atoms with van der Waals surface area (Å²) in [6.07, 6.45) is 4.70. The summed E-state index contributed by atoms with van der Waals surface area (Å²) < 4.78 is 36.9. The molecule has 0 amide bonds. The Kier molecular flexibility index (Phi) is 6.05. The van der Waals surface area contributed by atoms with Gasteiger partial charge in [-0.1, -0.05) is 20.3 Å². The molecule has 6 heteroatoms. The molecule has 1 heterocycles. The van der Waals surface area contributed by atoms with Gasteiger partial charge in [0.1, 0.15) is 0 Å². The van der Waals surface area contributed by atoms with Crippen LogP contribution in [0.2, 0.25) is 0 Å². The molecule has 0 aromatic carbocycles. The highest BCUT2D eigenvalue weighted by atomic mass is 32.2. The molecule has 2 unspecified atom stereocenters. The highest BCUT2D eigenvalue weighted by Gasteiger charge is 2.49. The van der Waals surface area contributed by atoms with Crippen molar-refractivity contribution < 1.29 is 17.9 Å². The molecule has 2 atom stereocenters. The predicted octanol–water partition coefficient (Wildman–Crippen LogP) is 1.87. The van der Waals surface area contributed by atoms with Crippen LogP contribution in [0.4, 0.5) is 0 Å². The third-order valence-corrected chi connectivity index (χ3v) is 6.79. The van der Waals surface area contributed by atoms with Crippen molar-refractivity contribution in [3.05, 3.63) is 0 Å². The lowest BCUT2D eigenvalue weighted by Gasteiger charge is -2.41. The molecule has 124 valence electrons. The maximum Gasteiger partial charge on any atom is 0.169 e. The smallest absolute Gasteiger partial charge is 0.169 e. The van der Waals surface area contributed by atoms with Gasteiger partial charge in [-0.15, -0.1) is 0 Å². The van der Waals surface area contributed by atoms with Crippen LogP contribution in [0.3, 0.4) is 0 Å². The first-order valence-electron chi connectivity index (χ1n) is 8.26. The van der Waals surface area contributed by atoms with Crippen LogP contribution in [0.5, 0.6) is 0 Å². The molecule has 2 aliphatic rings. The molecular weight excluding hydrogens is 290 g/mol. The van der Waals surface area contributed by atoms with Crippen molar-refractivity contribution >= 4 is 9.84 Å². The first kappa shape index (κ1) is 17.2. The summed E-state index contributed by atoms with van der Waals surface area (Å²) in [5.74, 6) is -0.372. The second kappa shape index (κ2) is 7.40. The number of nitrogens with one attached hydrogen (secondary N) is 1. The van der Waals surface area contributed by atoms with Gasteiger partial charge in [0.15, 0.2) is 15.6 Å². The molecule has 1 N–H and O–H groups in total. The summed E-state index contributed by atoms with van der Waals surface area (Å²) in [4.78, 5) is 0. The predicted molar refractivity (Wildman–Crippen MR) is 83.1 cm³/mol. The van der Waals surface area contributed by atoms with Gasteiger partial charge in [-0.2, -0.15) is 0 Å². The summed E-state index contributed by atoms with van der Waals surface area (Å²) in [5, 5.41) is 3.03. The molecule has 0 radical (unpaired) electrons. The number of unbranched alkanes of at least 4 members (excludes halogenated alkanes) is 1. The van der Waals surface area contributed by atoms with E-state index in [1.54, 1.807) is 0 Å². The second-order valence-corrected chi connectivity index (χ2v) is 8.51. The second-order valence-electron chi connectivity index (χ2n) is 6.17. The van der Waals surface area contributed by atoms with Crippen molar-refractivity contribution in [3.63, 3.8) is 0 Å². The van der Waals surface area contributed by atoms with Crippen LogP contribution in [0, 0.1) is 0 Å². The van der Waals surface area contributed by atoms with Crippen molar-refractivity contribution in [3.8, 4) is 0 Å². The minimum Gasteiger partial charge on any atom is -0.347 e. The molecule has 2 fully saturated rings. The third-order valence-electron chi connectivity index (χ3n) is 4.51. The summed E-state index contributed by atoms with van der Waals surface area (Å²) in [5.41, 5.74) is 0. The van der Waals surface area contributed by atoms with E-state index in [0.717, 1.165) is 38.6 Å². The van der Waals surface area contributed by atoms with Crippen LogP contribution in [-0.4, -0.2) is 51.0 Å². The molecule has 1 spiro atoms. The average molecular weight is 319 g/mol. The molecule has 1 saturated carbocycles. The van der Waals surface area contributed by atoms with E-state index >= 15 is 0 Å². The van der Waals surface area contributed by atoms with E-state index in [-0.39, 0.29) is 17.0 Å². The van der Waals surface area contributed by atoms with Crippen LogP contribution in [-0.2, 0) is 19.3 Å². The standard InChI is InChI=1S/C15H29NO4S/c1-3-5-11-21(17,18)14-12-15(19-9-10-20-15)7-6-13(14)16-8-4-2/h13-14,16H,3-12H2,1-2H3. The SMILES string of the molecule is CCCCS(=O)(=O)C1CC2(CCC1NCCC)OCCO2. The molecule has 5 nitrogen and oxygen atoms in total. The molecule has 1 aliphatic heterocycles. The highest BCUT2D eigenvalue weighted by molar-refractivity contribution is 7.92. The van der Waals surface area contributed by atoms with Gasteiger partial charge in [-0.05, 0) is 25.8 Å². The number of rotatable bonds is 7. The first-order valence-corrected chi connectivity index (χ1v) is 9.97. The van der Waals surface area contributed by atoms with Gasteiger partial charge in [0.05, 0.1) is 24.2 Å². The van der Waals surface area contributed by atoms with Crippen molar-refractivity contribution in [1.29, 1.82) is 0 Å². The van der Waals surface area contributed by atoms with Gasteiger partial charge in [-0.25, -0.2) is 8.42 Å². The Labute approximate surface area is 128 Å². The van der Waals surface area contributed by atoms with Crippen molar-refractivity contribution in [2.45, 2.75) is 69.5 Å². The van der Waals surface area contributed by atoms with Crippen molar-refractivity contribution in [1.82, 2.24) is 5.32 Å². The van der Waals surface area contributed by atoms with Crippen LogP contribution in [0.25, 0.3) is 0 Å². The monoisotopic (exact) mass is 319 g/mol. The third kappa shape index (κ3) is 4.18. The Morgan fingerprint density at radius 1 is 1.19 bits per heavy atom. The molecule has 0 aromatic rings. The van der Waals surface area contributed by atoms with Crippen molar-refractivity contribution in [2.24, 2.45) is 0 Å². The van der Waals surface area contributed by atoms with E-state index in [1.807, 2.05) is 6.92 Å². The molecular formula is C15H29NO4S. The summed E-state index contributed by atoms with van der Waals surface area (Å²) in [6, 6.07) is 0.0326. The number of ether oxygens (including phenoxy) is 2. The lowest BCUT2D eigenvalue weighted by molar-refractivity contribution is -0.178. The van der Waals surface area contributed by atoms with Gasteiger partial charge < -0.3 is 14.8 Å². The van der Waals surface area contributed by atoms with Gasteiger partial charge in [0.25, 0.3) is 0 Å². The Morgan fingerprint density at radius 3 is 2.52 bits per heavy atom. The minimum atomic E-state index is -3.11. The molecule has 1 saturated heterocycles. The van der Waals surface area contributed by atoms with E-state index in [9.17, 15) is 8.42 Å². The number of sulfone groups is 1. The van der Waals surface area contributed by atoms with E-state index < -0.39 is 15.6 Å².